The fourth-order valence-electron chi connectivity index (χ4n) is 3.92. The summed E-state index contributed by atoms with van der Waals surface area (Å²) in [6, 6.07) is 8.09. The Morgan fingerprint density at radius 3 is 2.50 bits per heavy atom. The number of alkyl halides is 3. The molecule has 2 aromatic rings. The lowest BCUT2D eigenvalue weighted by atomic mass is 10.0. The van der Waals surface area contributed by atoms with Gasteiger partial charge in [-0.05, 0) is 55.3 Å². The molecule has 0 aromatic heterocycles. The van der Waals surface area contributed by atoms with Crippen molar-refractivity contribution in [2.45, 2.75) is 36.1 Å². The van der Waals surface area contributed by atoms with Crippen molar-refractivity contribution in [2.24, 2.45) is 0 Å². The maximum atomic E-state index is 13.1. The SMILES string of the molecule is O=C(NC1CCCN(C(=O)C2Nc3cc(C(F)(F)F)ccc3S(=O)(=O)N2)C1)c1ccc(Cl)cc1. The number of halogens is 4. The second-order valence-electron chi connectivity index (χ2n) is 8.01. The average molecular weight is 517 g/mol. The third kappa shape index (κ3) is 5.13. The van der Waals surface area contributed by atoms with E-state index in [1.165, 1.54) is 4.90 Å². The van der Waals surface area contributed by atoms with Crippen LogP contribution in [0.25, 0.3) is 0 Å². The van der Waals surface area contributed by atoms with Gasteiger partial charge in [-0.1, -0.05) is 11.6 Å². The lowest BCUT2D eigenvalue weighted by Crippen LogP contribution is -2.58. The van der Waals surface area contributed by atoms with Gasteiger partial charge < -0.3 is 15.5 Å². The Kier molecular flexibility index (Phi) is 6.49. The largest absolute Gasteiger partial charge is 0.416 e. The van der Waals surface area contributed by atoms with Crippen LogP contribution in [0.5, 0.6) is 0 Å². The third-order valence-corrected chi connectivity index (χ3v) is 7.32. The quantitative estimate of drug-likeness (QED) is 0.581. The fraction of sp³-hybridized carbons (Fsp3) is 0.333. The van der Waals surface area contributed by atoms with E-state index in [9.17, 15) is 31.2 Å². The minimum atomic E-state index is -4.67. The van der Waals surface area contributed by atoms with Gasteiger partial charge in [-0.2, -0.15) is 17.9 Å². The summed E-state index contributed by atoms with van der Waals surface area (Å²) >= 11 is 5.83. The molecule has 34 heavy (non-hydrogen) atoms. The second-order valence-corrected chi connectivity index (χ2v) is 10.1. The smallest absolute Gasteiger partial charge is 0.360 e. The number of sulfonamides is 1. The maximum Gasteiger partial charge on any atom is 0.416 e. The van der Waals surface area contributed by atoms with Crippen LogP contribution in [0, 0.1) is 0 Å². The summed E-state index contributed by atoms with van der Waals surface area (Å²) in [4.78, 5) is 26.5. The van der Waals surface area contributed by atoms with E-state index in [0.29, 0.717) is 42.1 Å². The molecular formula is C21H20ClF3N4O4S. The Morgan fingerprint density at radius 2 is 1.82 bits per heavy atom. The molecule has 0 radical (unpaired) electrons. The van der Waals surface area contributed by atoms with Crippen LogP contribution in [0.3, 0.4) is 0 Å². The number of carbonyl (C=O) groups is 2. The Hall–Kier alpha value is -2.83. The molecule has 2 aromatic carbocycles. The first-order valence-corrected chi connectivity index (χ1v) is 12.2. The molecule has 2 heterocycles. The highest BCUT2D eigenvalue weighted by molar-refractivity contribution is 7.89. The standard InChI is InChI=1S/C21H20ClF3N4O4S/c22-14-6-3-12(4-7-14)19(30)26-15-2-1-9-29(11-15)20(31)18-27-16-10-13(21(23,24)25)5-8-17(16)34(32,33)28-18/h3-8,10,15,18,27-28H,1-2,9,11H2,(H,26,30). The molecule has 0 spiro atoms. The number of benzene rings is 2. The molecule has 2 aliphatic rings. The van der Waals surface area contributed by atoms with E-state index < -0.39 is 33.8 Å². The van der Waals surface area contributed by atoms with Crippen molar-refractivity contribution in [3.05, 3.63) is 58.6 Å². The number of fused-ring (bicyclic) bond motifs is 1. The number of anilines is 1. The molecule has 8 nitrogen and oxygen atoms in total. The Balaban J connectivity index is 1.47. The van der Waals surface area contributed by atoms with Gasteiger partial charge in [-0.25, -0.2) is 8.42 Å². The summed E-state index contributed by atoms with van der Waals surface area (Å²) in [6.45, 7) is 0.426. The summed E-state index contributed by atoms with van der Waals surface area (Å²) in [5, 5.41) is 5.89. The predicted molar refractivity (Wildman–Crippen MR) is 118 cm³/mol. The number of rotatable bonds is 3. The first kappa shape index (κ1) is 24.3. The maximum absolute atomic E-state index is 13.1. The molecule has 1 fully saturated rings. The van der Waals surface area contributed by atoms with Crippen LogP contribution in [0.4, 0.5) is 18.9 Å². The summed E-state index contributed by atoms with van der Waals surface area (Å²) < 4.78 is 66.5. The summed E-state index contributed by atoms with van der Waals surface area (Å²) in [7, 11) is -4.22. The van der Waals surface area contributed by atoms with Crippen LogP contribution in [-0.4, -0.2) is 50.4 Å². The van der Waals surface area contributed by atoms with Gasteiger partial charge in [0.25, 0.3) is 11.8 Å². The minimum absolute atomic E-state index is 0.119. The predicted octanol–water partition coefficient (Wildman–Crippen LogP) is 2.81. The van der Waals surface area contributed by atoms with Crippen molar-refractivity contribution in [2.75, 3.05) is 18.4 Å². The van der Waals surface area contributed by atoms with Gasteiger partial charge in [-0.3, -0.25) is 9.59 Å². The molecule has 2 unspecified atom stereocenters. The molecule has 2 aliphatic heterocycles. The first-order valence-electron chi connectivity index (χ1n) is 10.3. The van der Waals surface area contributed by atoms with Crippen molar-refractivity contribution in [1.29, 1.82) is 0 Å². The van der Waals surface area contributed by atoms with E-state index in [0.717, 1.165) is 6.07 Å². The van der Waals surface area contributed by atoms with Gasteiger partial charge in [0.2, 0.25) is 10.0 Å². The monoisotopic (exact) mass is 516 g/mol. The van der Waals surface area contributed by atoms with Gasteiger partial charge in [0.1, 0.15) is 4.90 Å². The zero-order valence-corrected chi connectivity index (χ0v) is 19.1. The van der Waals surface area contributed by atoms with Crippen molar-refractivity contribution in [3.63, 3.8) is 0 Å². The van der Waals surface area contributed by atoms with Crippen LogP contribution in [0.2, 0.25) is 5.02 Å². The first-order chi connectivity index (χ1) is 15.9. The van der Waals surface area contributed by atoms with Gasteiger partial charge in [0.15, 0.2) is 6.17 Å². The van der Waals surface area contributed by atoms with Crippen LogP contribution >= 0.6 is 11.6 Å². The number of carbonyl (C=O) groups excluding carboxylic acids is 2. The summed E-state index contributed by atoms with van der Waals surface area (Å²) in [5.41, 5.74) is -0.951. The van der Waals surface area contributed by atoms with Gasteiger partial charge >= 0.3 is 6.18 Å². The highest BCUT2D eigenvalue weighted by Gasteiger charge is 2.39. The number of amides is 2. The molecular weight excluding hydrogens is 497 g/mol. The number of nitrogens with one attached hydrogen (secondary N) is 3. The molecule has 0 saturated carbocycles. The Bertz CT molecular complexity index is 1220. The van der Waals surface area contributed by atoms with Crippen LogP contribution in [-0.2, 0) is 21.0 Å². The third-order valence-electron chi connectivity index (χ3n) is 5.59. The molecule has 1 saturated heterocycles. The second kappa shape index (κ2) is 9.08. The van der Waals surface area contributed by atoms with Crippen molar-refractivity contribution in [1.82, 2.24) is 14.9 Å². The zero-order chi connectivity index (χ0) is 24.7. The lowest BCUT2D eigenvalue weighted by Gasteiger charge is -2.37. The molecule has 4 rings (SSSR count). The topological polar surface area (TPSA) is 108 Å². The zero-order valence-electron chi connectivity index (χ0n) is 17.5. The average Bonchev–Trinajstić information content (AvgIpc) is 2.77. The van der Waals surface area contributed by atoms with E-state index in [-0.39, 0.29) is 29.1 Å². The molecule has 2 amide bonds. The number of nitrogens with zero attached hydrogens (tertiary/aromatic N) is 1. The fourth-order valence-corrected chi connectivity index (χ4v) is 5.29. The highest BCUT2D eigenvalue weighted by Crippen LogP contribution is 2.35. The molecule has 0 bridgehead atoms. The Morgan fingerprint density at radius 1 is 1.12 bits per heavy atom. The van der Waals surface area contributed by atoms with E-state index in [2.05, 4.69) is 15.4 Å². The summed E-state index contributed by atoms with van der Waals surface area (Å²) in [5.74, 6) is -1.00. The van der Waals surface area contributed by atoms with Crippen molar-refractivity contribution >= 4 is 39.1 Å². The molecule has 182 valence electrons. The molecule has 13 heteroatoms. The van der Waals surface area contributed by atoms with Crippen LogP contribution in [0.15, 0.2) is 47.4 Å². The van der Waals surface area contributed by atoms with Gasteiger partial charge in [0.05, 0.1) is 11.3 Å². The van der Waals surface area contributed by atoms with Crippen molar-refractivity contribution < 1.29 is 31.2 Å². The van der Waals surface area contributed by atoms with E-state index >= 15 is 0 Å². The van der Waals surface area contributed by atoms with E-state index in [4.69, 9.17) is 11.6 Å². The molecule has 2 atom stereocenters. The number of hydrogen-bond donors (Lipinski definition) is 3. The lowest BCUT2D eigenvalue weighted by molar-refractivity contribution is -0.137. The normalized spacial score (nSPS) is 21.8. The van der Waals surface area contributed by atoms with Crippen LogP contribution in [0.1, 0.15) is 28.8 Å². The van der Waals surface area contributed by atoms with E-state index in [1.807, 2.05) is 0 Å². The van der Waals surface area contributed by atoms with Crippen LogP contribution < -0.4 is 15.4 Å². The molecule has 3 N–H and O–H groups in total. The number of piperidine rings is 1. The van der Waals surface area contributed by atoms with Crippen molar-refractivity contribution in [3.8, 4) is 0 Å². The van der Waals surface area contributed by atoms with E-state index in [1.54, 1.807) is 24.3 Å². The summed E-state index contributed by atoms with van der Waals surface area (Å²) in [6.07, 6.45) is -5.00. The van der Waals surface area contributed by atoms with Gasteiger partial charge in [0, 0.05) is 29.7 Å². The highest BCUT2D eigenvalue weighted by atomic mass is 35.5. The van der Waals surface area contributed by atoms with Gasteiger partial charge in [-0.15, -0.1) is 0 Å². The Labute approximate surface area is 198 Å². The number of hydrogen-bond acceptors (Lipinski definition) is 5. The minimum Gasteiger partial charge on any atom is -0.360 e. The molecule has 0 aliphatic carbocycles. The number of likely N-dealkylation sites (tertiary alicyclic amines) is 1.